The van der Waals surface area contributed by atoms with Gasteiger partial charge in [-0.15, -0.1) is 0 Å². The zero-order valence-electron chi connectivity index (χ0n) is 12.0. The van der Waals surface area contributed by atoms with Gasteiger partial charge in [0.1, 0.15) is 5.60 Å². The molecule has 0 aromatic heterocycles. The second kappa shape index (κ2) is 4.84. The fourth-order valence-electron chi connectivity index (χ4n) is 2.15. The number of ether oxygens (including phenoxy) is 1. The lowest BCUT2D eigenvalue weighted by Crippen LogP contribution is -2.63. The van der Waals surface area contributed by atoms with Gasteiger partial charge in [0, 0.05) is 24.7 Å². The number of rotatable bonds is 1. The minimum Gasteiger partial charge on any atom is -0.444 e. The van der Waals surface area contributed by atoms with Gasteiger partial charge >= 0.3 is 6.09 Å². The van der Waals surface area contributed by atoms with Gasteiger partial charge in [0.25, 0.3) is 0 Å². The fraction of sp³-hybridized carbons (Fsp3) is 0.923. The van der Waals surface area contributed by atoms with E-state index in [-0.39, 0.29) is 11.6 Å². The lowest BCUT2D eigenvalue weighted by Gasteiger charge is -2.43. The Labute approximate surface area is 105 Å². The summed E-state index contributed by atoms with van der Waals surface area (Å²) in [7, 11) is 0. The number of hydrogen-bond acceptors (Lipinski definition) is 3. The fourth-order valence-corrected chi connectivity index (χ4v) is 2.15. The van der Waals surface area contributed by atoms with Gasteiger partial charge in [0.05, 0.1) is 0 Å². The van der Waals surface area contributed by atoms with Gasteiger partial charge < -0.3 is 15.0 Å². The standard InChI is InChI=1S/C13H26N2O2/c1-7-10-8-15(9-13(5,6)14-10)11(16)17-12(2,3)4/h10,14H,7-9H2,1-6H3. The molecular formula is C13H26N2O2. The van der Waals surface area contributed by atoms with E-state index in [1.807, 2.05) is 25.7 Å². The van der Waals surface area contributed by atoms with Crippen LogP contribution < -0.4 is 5.32 Å². The number of hydrogen-bond donors (Lipinski definition) is 1. The molecule has 0 spiro atoms. The Bertz CT molecular complexity index is 282. The Balaban J connectivity index is 2.67. The monoisotopic (exact) mass is 242 g/mol. The maximum Gasteiger partial charge on any atom is 0.410 e. The first-order valence-electron chi connectivity index (χ1n) is 6.38. The highest BCUT2D eigenvalue weighted by atomic mass is 16.6. The average molecular weight is 242 g/mol. The Morgan fingerprint density at radius 3 is 2.53 bits per heavy atom. The predicted octanol–water partition coefficient (Wildman–Crippen LogP) is 2.38. The van der Waals surface area contributed by atoms with Crippen LogP contribution in [0.3, 0.4) is 0 Å². The van der Waals surface area contributed by atoms with Crippen molar-refractivity contribution < 1.29 is 9.53 Å². The number of nitrogens with one attached hydrogen (secondary N) is 1. The molecule has 1 amide bonds. The van der Waals surface area contributed by atoms with Gasteiger partial charge in [-0.2, -0.15) is 0 Å². The molecule has 0 aromatic rings. The first-order chi connectivity index (χ1) is 7.63. The van der Waals surface area contributed by atoms with Gasteiger partial charge in [0.15, 0.2) is 0 Å². The molecule has 0 saturated carbocycles. The maximum absolute atomic E-state index is 12.0. The van der Waals surface area contributed by atoms with Gasteiger partial charge in [0.2, 0.25) is 0 Å². The number of carbonyl (C=O) groups is 1. The van der Waals surface area contributed by atoms with Gasteiger partial charge in [-0.05, 0) is 41.0 Å². The third-order valence-corrected chi connectivity index (χ3v) is 2.77. The van der Waals surface area contributed by atoms with E-state index in [1.165, 1.54) is 0 Å². The summed E-state index contributed by atoms with van der Waals surface area (Å²) in [6, 6.07) is 0.353. The molecule has 0 aromatic carbocycles. The summed E-state index contributed by atoms with van der Waals surface area (Å²) in [5.41, 5.74) is -0.469. The summed E-state index contributed by atoms with van der Waals surface area (Å²) in [5.74, 6) is 0. The van der Waals surface area contributed by atoms with Crippen LogP contribution >= 0.6 is 0 Å². The number of amides is 1. The zero-order valence-corrected chi connectivity index (χ0v) is 12.0. The lowest BCUT2D eigenvalue weighted by molar-refractivity contribution is 0.00892. The minimum atomic E-state index is -0.423. The quantitative estimate of drug-likeness (QED) is 0.767. The largest absolute Gasteiger partial charge is 0.444 e. The van der Waals surface area contributed by atoms with Crippen molar-refractivity contribution in [2.45, 2.75) is 65.1 Å². The predicted molar refractivity (Wildman–Crippen MR) is 69.1 cm³/mol. The van der Waals surface area contributed by atoms with E-state index in [0.29, 0.717) is 12.6 Å². The first kappa shape index (κ1) is 14.3. The molecule has 1 aliphatic rings. The van der Waals surface area contributed by atoms with Crippen molar-refractivity contribution in [3.63, 3.8) is 0 Å². The number of piperazine rings is 1. The van der Waals surface area contributed by atoms with E-state index in [1.54, 1.807) is 0 Å². The van der Waals surface area contributed by atoms with Crippen LogP contribution in [0.15, 0.2) is 0 Å². The lowest BCUT2D eigenvalue weighted by atomic mass is 9.98. The van der Waals surface area contributed by atoms with E-state index in [9.17, 15) is 4.79 Å². The summed E-state index contributed by atoms with van der Waals surface area (Å²) >= 11 is 0. The molecule has 1 fully saturated rings. The van der Waals surface area contributed by atoms with Gasteiger partial charge in [-0.25, -0.2) is 4.79 Å². The third kappa shape index (κ3) is 4.54. The van der Waals surface area contributed by atoms with Crippen LogP contribution in [0, 0.1) is 0 Å². The van der Waals surface area contributed by atoms with Gasteiger partial charge in [-0.1, -0.05) is 6.92 Å². The summed E-state index contributed by atoms with van der Waals surface area (Å²) in [4.78, 5) is 13.9. The molecule has 1 saturated heterocycles. The second-order valence-corrected chi connectivity index (χ2v) is 6.49. The van der Waals surface area contributed by atoms with Crippen molar-refractivity contribution in [1.82, 2.24) is 10.2 Å². The Morgan fingerprint density at radius 1 is 1.47 bits per heavy atom. The molecule has 1 rings (SSSR count). The molecule has 4 nitrogen and oxygen atoms in total. The second-order valence-electron chi connectivity index (χ2n) is 6.49. The van der Waals surface area contributed by atoms with Crippen molar-refractivity contribution in [3.8, 4) is 0 Å². The summed E-state index contributed by atoms with van der Waals surface area (Å²) in [6.45, 7) is 13.5. The van der Waals surface area contributed by atoms with E-state index in [2.05, 4.69) is 26.1 Å². The highest BCUT2D eigenvalue weighted by Crippen LogP contribution is 2.18. The Kier molecular flexibility index (Phi) is 4.07. The molecule has 1 aliphatic heterocycles. The van der Waals surface area contributed by atoms with Crippen LogP contribution in [-0.2, 0) is 4.74 Å². The average Bonchev–Trinajstić information content (AvgIpc) is 2.12. The summed E-state index contributed by atoms with van der Waals surface area (Å²) < 4.78 is 5.42. The topological polar surface area (TPSA) is 41.6 Å². The van der Waals surface area contributed by atoms with E-state index < -0.39 is 5.60 Å². The van der Waals surface area contributed by atoms with Crippen molar-refractivity contribution in [1.29, 1.82) is 0 Å². The third-order valence-electron chi connectivity index (χ3n) is 2.77. The molecule has 0 radical (unpaired) electrons. The van der Waals surface area contributed by atoms with E-state index in [4.69, 9.17) is 4.74 Å². The SMILES string of the molecule is CCC1CN(C(=O)OC(C)(C)C)CC(C)(C)N1. The summed E-state index contributed by atoms with van der Waals surface area (Å²) in [5, 5.41) is 3.54. The molecule has 1 heterocycles. The molecular weight excluding hydrogens is 216 g/mol. The van der Waals surface area contributed by atoms with E-state index >= 15 is 0 Å². The molecule has 4 heteroatoms. The molecule has 17 heavy (non-hydrogen) atoms. The zero-order chi connectivity index (χ0) is 13.3. The number of nitrogens with zero attached hydrogens (tertiary/aromatic N) is 1. The van der Waals surface area contributed by atoms with Crippen molar-refractivity contribution in [3.05, 3.63) is 0 Å². The number of carbonyl (C=O) groups excluding carboxylic acids is 1. The van der Waals surface area contributed by atoms with Crippen LogP contribution in [0.4, 0.5) is 4.79 Å². The van der Waals surface area contributed by atoms with Crippen LogP contribution in [0.5, 0.6) is 0 Å². The molecule has 0 bridgehead atoms. The first-order valence-corrected chi connectivity index (χ1v) is 6.38. The van der Waals surface area contributed by atoms with Crippen LogP contribution in [0.25, 0.3) is 0 Å². The molecule has 100 valence electrons. The molecule has 1 atom stereocenters. The minimum absolute atomic E-state index is 0.0458. The Hall–Kier alpha value is -0.770. The maximum atomic E-state index is 12.0. The molecule has 0 aliphatic carbocycles. The van der Waals surface area contributed by atoms with Crippen molar-refractivity contribution in [2.75, 3.05) is 13.1 Å². The van der Waals surface area contributed by atoms with Crippen molar-refractivity contribution >= 4 is 6.09 Å². The van der Waals surface area contributed by atoms with Crippen LogP contribution in [0.2, 0.25) is 0 Å². The van der Waals surface area contributed by atoms with Gasteiger partial charge in [-0.3, -0.25) is 0 Å². The summed E-state index contributed by atoms with van der Waals surface area (Å²) in [6.07, 6.45) is 0.813. The van der Waals surface area contributed by atoms with Crippen molar-refractivity contribution in [2.24, 2.45) is 0 Å². The normalized spacial score (nSPS) is 24.6. The highest BCUT2D eigenvalue weighted by Gasteiger charge is 2.35. The smallest absolute Gasteiger partial charge is 0.410 e. The van der Waals surface area contributed by atoms with Crippen LogP contribution in [0.1, 0.15) is 48.0 Å². The molecule has 1 unspecified atom stereocenters. The van der Waals surface area contributed by atoms with Crippen LogP contribution in [-0.4, -0.2) is 41.3 Å². The molecule has 1 N–H and O–H groups in total. The van der Waals surface area contributed by atoms with E-state index in [0.717, 1.165) is 13.0 Å². The Morgan fingerprint density at radius 2 is 2.06 bits per heavy atom. The highest BCUT2D eigenvalue weighted by molar-refractivity contribution is 5.68.